The first-order chi connectivity index (χ1) is 9.01. The van der Waals surface area contributed by atoms with E-state index in [1.807, 2.05) is 7.05 Å². The number of fused-ring (bicyclic) bond motifs is 1. The summed E-state index contributed by atoms with van der Waals surface area (Å²) in [6, 6.07) is 4.46. The smallest absolute Gasteiger partial charge is 0.117 e. The molecule has 2 rings (SSSR count). The number of anilines is 1. The summed E-state index contributed by atoms with van der Waals surface area (Å²) in [5.74, 6) is 0. The SMILES string of the molecule is CN=Nc1c(NC)c(C)cc2c(C)c(C)cc(C)c12. The van der Waals surface area contributed by atoms with Crippen LogP contribution in [-0.4, -0.2) is 14.1 Å². The molecule has 0 aromatic heterocycles. The standard InChI is InChI=1S/C16H21N3/c1-9-7-10(2)14-13(12(9)4)8-11(3)15(17-5)16(14)19-18-6/h7-8,17H,1-6H3. The molecule has 3 heteroatoms. The highest BCUT2D eigenvalue weighted by Crippen LogP contribution is 2.40. The van der Waals surface area contributed by atoms with Crippen molar-refractivity contribution in [3.63, 3.8) is 0 Å². The van der Waals surface area contributed by atoms with Gasteiger partial charge in [-0.3, -0.25) is 0 Å². The van der Waals surface area contributed by atoms with Gasteiger partial charge in [0.15, 0.2) is 0 Å². The molecule has 0 radical (unpaired) electrons. The number of nitrogens with zero attached hydrogens (tertiary/aromatic N) is 2. The second-order valence-electron chi connectivity index (χ2n) is 5.02. The molecular formula is C16H21N3. The van der Waals surface area contributed by atoms with Gasteiger partial charge in [-0.05, 0) is 61.4 Å². The lowest BCUT2D eigenvalue weighted by molar-refractivity contribution is 1.17. The van der Waals surface area contributed by atoms with Gasteiger partial charge in [0, 0.05) is 19.5 Å². The lowest BCUT2D eigenvalue weighted by Crippen LogP contribution is -1.96. The summed E-state index contributed by atoms with van der Waals surface area (Å²) in [4.78, 5) is 0. The number of nitrogens with one attached hydrogen (secondary N) is 1. The van der Waals surface area contributed by atoms with Crippen LogP contribution in [0.1, 0.15) is 22.3 Å². The van der Waals surface area contributed by atoms with Crippen LogP contribution in [0.3, 0.4) is 0 Å². The van der Waals surface area contributed by atoms with E-state index in [0.29, 0.717) is 0 Å². The van der Waals surface area contributed by atoms with E-state index < -0.39 is 0 Å². The van der Waals surface area contributed by atoms with Crippen LogP contribution >= 0.6 is 0 Å². The van der Waals surface area contributed by atoms with Gasteiger partial charge in [0.1, 0.15) is 5.69 Å². The van der Waals surface area contributed by atoms with Gasteiger partial charge in [-0.25, -0.2) is 0 Å². The van der Waals surface area contributed by atoms with Crippen LogP contribution < -0.4 is 5.32 Å². The summed E-state index contributed by atoms with van der Waals surface area (Å²) in [5.41, 5.74) is 7.09. The van der Waals surface area contributed by atoms with Crippen molar-refractivity contribution in [3.05, 3.63) is 34.4 Å². The zero-order chi connectivity index (χ0) is 14.2. The summed E-state index contributed by atoms with van der Waals surface area (Å²) < 4.78 is 0. The van der Waals surface area contributed by atoms with E-state index in [9.17, 15) is 0 Å². The topological polar surface area (TPSA) is 36.8 Å². The van der Waals surface area contributed by atoms with Crippen LogP contribution in [-0.2, 0) is 0 Å². The van der Waals surface area contributed by atoms with Crippen LogP contribution in [0.15, 0.2) is 22.4 Å². The van der Waals surface area contributed by atoms with Crippen molar-refractivity contribution in [2.75, 3.05) is 19.4 Å². The highest BCUT2D eigenvalue weighted by molar-refractivity contribution is 6.03. The van der Waals surface area contributed by atoms with Crippen LogP contribution in [0.25, 0.3) is 10.8 Å². The van der Waals surface area contributed by atoms with Gasteiger partial charge in [0.2, 0.25) is 0 Å². The molecule has 0 fully saturated rings. The Kier molecular flexibility index (Phi) is 3.56. The molecule has 0 heterocycles. The normalized spacial score (nSPS) is 11.5. The molecule has 0 aliphatic rings. The summed E-state index contributed by atoms with van der Waals surface area (Å²) in [6.45, 7) is 8.57. The summed E-state index contributed by atoms with van der Waals surface area (Å²) in [6.07, 6.45) is 0. The predicted molar refractivity (Wildman–Crippen MR) is 82.9 cm³/mol. The molecule has 100 valence electrons. The van der Waals surface area contributed by atoms with Crippen molar-refractivity contribution in [1.29, 1.82) is 0 Å². The first-order valence-corrected chi connectivity index (χ1v) is 6.53. The maximum Gasteiger partial charge on any atom is 0.117 e. The van der Waals surface area contributed by atoms with Gasteiger partial charge < -0.3 is 5.32 Å². The Morgan fingerprint density at radius 2 is 1.63 bits per heavy atom. The second-order valence-corrected chi connectivity index (χ2v) is 5.02. The quantitative estimate of drug-likeness (QED) is 0.767. The average Bonchev–Trinajstić information content (AvgIpc) is 2.36. The lowest BCUT2D eigenvalue weighted by Gasteiger charge is -2.16. The Labute approximate surface area is 114 Å². The molecule has 0 saturated heterocycles. The Bertz CT molecular complexity index is 670. The number of benzene rings is 2. The maximum absolute atomic E-state index is 4.36. The number of aryl methyl sites for hydroxylation is 4. The largest absolute Gasteiger partial charge is 0.386 e. The van der Waals surface area contributed by atoms with Gasteiger partial charge in [0.25, 0.3) is 0 Å². The van der Waals surface area contributed by atoms with Crippen LogP contribution in [0, 0.1) is 27.7 Å². The minimum absolute atomic E-state index is 0.945. The fraction of sp³-hybridized carbons (Fsp3) is 0.375. The van der Waals surface area contributed by atoms with Gasteiger partial charge >= 0.3 is 0 Å². The van der Waals surface area contributed by atoms with Crippen LogP contribution in [0.5, 0.6) is 0 Å². The Balaban J connectivity index is 3.05. The van der Waals surface area contributed by atoms with Crippen LogP contribution in [0.2, 0.25) is 0 Å². The lowest BCUT2D eigenvalue weighted by atomic mass is 9.93. The molecule has 0 bridgehead atoms. The minimum Gasteiger partial charge on any atom is -0.386 e. The minimum atomic E-state index is 0.945. The molecule has 1 N–H and O–H groups in total. The summed E-state index contributed by atoms with van der Waals surface area (Å²) in [5, 5.41) is 14.1. The predicted octanol–water partition coefficient (Wildman–Crippen LogP) is 4.83. The van der Waals surface area contributed by atoms with E-state index in [0.717, 1.165) is 11.4 Å². The number of azo groups is 1. The fourth-order valence-electron chi connectivity index (χ4n) is 2.73. The molecule has 0 amide bonds. The zero-order valence-corrected chi connectivity index (χ0v) is 12.5. The first kappa shape index (κ1) is 13.5. The number of rotatable bonds is 2. The molecule has 19 heavy (non-hydrogen) atoms. The van der Waals surface area contributed by atoms with E-state index in [1.165, 1.54) is 33.0 Å². The molecular weight excluding hydrogens is 234 g/mol. The van der Waals surface area contributed by atoms with Crippen molar-refractivity contribution >= 4 is 22.1 Å². The molecule has 0 atom stereocenters. The van der Waals surface area contributed by atoms with E-state index in [-0.39, 0.29) is 0 Å². The van der Waals surface area contributed by atoms with Crippen molar-refractivity contribution < 1.29 is 0 Å². The third-order valence-corrected chi connectivity index (χ3v) is 3.77. The van der Waals surface area contributed by atoms with E-state index in [2.05, 4.69) is 55.4 Å². The van der Waals surface area contributed by atoms with Crippen molar-refractivity contribution in [2.24, 2.45) is 10.2 Å². The van der Waals surface area contributed by atoms with E-state index in [4.69, 9.17) is 0 Å². The number of hydrogen-bond acceptors (Lipinski definition) is 3. The van der Waals surface area contributed by atoms with Crippen molar-refractivity contribution in [3.8, 4) is 0 Å². The Hall–Kier alpha value is -1.90. The van der Waals surface area contributed by atoms with Gasteiger partial charge in [-0.1, -0.05) is 6.07 Å². The fourth-order valence-corrected chi connectivity index (χ4v) is 2.73. The Morgan fingerprint density at radius 1 is 0.947 bits per heavy atom. The first-order valence-electron chi connectivity index (χ1n) is 6.53. The maximum atomic E-state index is 4.36. The van der Waals surface area contributed by atoms with E-state index >= 15 is 0 Å². The number of hydrogen-bond donors (Lipinski definition) is 1. The molecule has 0 aliphatic heterocycles. The third-order valence-electron chi connectivity index (χ3n) is 3.77. The zero-order valence-electron chi connectivity index (χ0n) is 12.5. The third kappa shape index (κ3) is 2.09. The van der Waals surface area contributed by atoms with Crippen molar-refractivity contribution in [1.82, 2.24) is 0 Å². The summed E-state index contributed by atoms with van der Waals surface area (Å²) >= 11 is 0. The summed E-state index contributed by atoms with van der Waals surface area (Å²) in [7, 11) is 3.64. The van der Waals surface area contributed by atoms with E-state index in [1.54, 1.807) is 7.05 Å². The van der Waals surface area contributed by atoms with Gasteiger partial charge in [-0.15, -0.1) is 0 Å². The molecule has 3 nitrogen and oxygen atoms in total. The molecule has 0 saturated carbocycles. The van der Waals surface area contributed by atoms with Gasteiger partial charge in [-0.2, -0.15) is 10.2 Å². The Morgan fingerprint density at radius 3 is 2.21 bits per heavy atom. The second kappa shape index (κ2) is 5.00. The molecule has 0 spiro atoms. The molecule has 2 aromatic carbocycles. The molecule has 2 aromatic rings. The van der Waals surface area contributed by atoms with Crippen LogP contribution in [0.4, 0.5) is 11.4 Å². The van der Waals surface area contributed by atoms with Gasteiger partial charge in [0.05, 0.1) is 5.69 Å². The highest BCUT2D eigenvalue weighted by atomic mass is 15.1. The average molecular weight is 255 g/mol. The monoisotopic (exact) mass is 255 g/mol. The van der Waals surface area contributed by atoms with Crippen molar-refractivity contribution in [2.45, 2.75) is 27.7 Å². The molecule has 0 unspecified atom stereocenters. The molecule has 0 aliphatic carbocycles. The highest BCUT2D eigenvalue weighted by Gasteiger charge is 2.14.